The Labute approximate surface area is 148 Å². The smallest absolute Gasteiger partial charge is 0.269 e. The fourth-order valence-corrected chi connectivity index (χ4v) is 2.23. The molecular formula is C19H14N2O5. The lowest BCUT2D eigenvalue weighted by molar-refractivity contribution is -0.384. The van der Waals surface area contributed by atoms with Crippen molar-refractivity contribution < 1.29 is 19.6 Å². The van der Waals surface area contributed by atoms with Crippen molar-refractivity contribution in [2.75, 3.05) is 5.32 Å². The molecule has 1 amide bonds. The van der Waals surface area contributed by atoms with E-state index in [0.29, 0.717) is 22.7 Å². The van der Waals surface area contributed by atoms with E-state index in [-0.39, 0.29) is 17.3 Å². The number of nitro benzene ring substituents is 1. The Morgan fingerprint density at radius 3 is 2.15 bits per heavy atom. The standard InChI is InChI=1S/C19H14N2O5/c22-16-3-1-2-14(12-16)20-19(23)13-4-8-17(9-5-13)26-18-10-6-15(7-11-18)21(24)25/h1-12,22H,(H,20,23). The molecule has 3 rings (SSSR count). The predicted molar refractivity (Wildman–Crippen MR) is 95.7 cm³/mol. The SMILES string of the molecule is O=C(Nc1cccc(O)c1)c1ccc(Oc2ccc([N+](=O)[O-])cc2)cc1. The van der Waals surface area contributed by atoms with Gasteiger partial charge in [0, 0.05) is 29.4 Å². The minimum absolute atomic E-state index is 0.0173. The Hall–Kier alpha value is -3.87. The molecule has 7 heteroatoms. The molecule has 0 aromatic heterocycles. The van der Waals surface area contributed by atoms with Crippen LogP contribution in [0.1, 0.15) is 10.4 Å². The number of aromatic hydroxyl groups is 1. The average Bonchev–Trinajstić information content (AvgIpc) is 2.63. The third-order valence-corrected chi connectivity index (χ3v) is 3.50. The van der Waals surface area contributed by atoms with Gasteiger partial charge in [-0.2, -0.15) is 0 Å². The highest BCUT2D eigenvalue weighted by molar-refractivity contribution is 6.04. The van der Waals surface area contributed by atoms with Crippen LogP contribution in [0.5, 0.6) is 17.2 Å². The van der Waals surface area contributed by atoms with Gasteiger partial charge >= 0.3 is 0 Å². The molecule has 0 aliphatic heterocycles. The second kappa shape index (κ2) is 7.35. The summed E-state index contributed by atoms with van der Waals surface area (Å²) in [6, 6.07) is 18.4. The molecule has 0 heterocycles. The van der Waals surface area contributed by atoms with Gasteiger partial charge in [0.25, 0.3) is 11.6 Å². The van der Waals surface area contributed by atoms with Crippen LogP contribution in [0.25, 0.3) is 0 Å². The monoisotopic (exact) mass is 350 g/mol. The molecule has 2 N–H and O–H groups in total. The molecular weight excluding hydrogens is 336 g/mol. The molecule has 7 nitrogen and oxygen atoms in total. The van der Waals surface area contributed by atoms with Crippen LogP contribution in [-0.2, 0) is 0 Å². The fraction of sp³-hybridized carbons (Fsp3) is 0. The number of benzene rings is 3. The van der Waals surface area contributed by atoms with E-state index in [1.54, 1.807) is 36.4 Å². The van der Waals surface area contributed by atoms with Crippen molar-refractivity contribution in [1.29, 1.82) is 0 Å². The number of phenols is 1. The Kier molecular flexibility index (Phi) is 4.80. The van der Waals surface area contributed by atoms with Crippen LogP contribution in [0.3, 0.4) is 0 Å². The van der Waals surface area contributed by atoms with E-state index < -0.39 is 4.92 Å². The van der Waals surface area contributed by atoms with Crippen molar-refractivity contribution in [3.05, 3.63) is 88.5 Å². The summed E-state index contributed by atoms with van der Waals surface area (Å²) in [4.78, 5) is 22.4. The van der Waals surface area contributed by atoms with Gasteiger partial charge in [-0.3, -0.25) is 14.9 Å². The van der Waals surface area contributed by atoms with Gasteiger partial charge in [-0.25, -0.2) is 0 Å². The van der Waals surface area contributed by atoms with Crippen molar-refractivity contribution in [3.8, 4) is 17.2 Å². The Balaban J connectivity index is 1.66. The largest absolute Gasteiger partial charge is 0.508 e. The molecule has 130 valence electrons. The van der Waals surface area contributed by atoms with Crippen LogP contribution in [0.2, 0.25) is 0 Å². The maximum absolute atomic E-state index is 12.2. The number of nitro groups is 1. The lowest BCUT2D eigenvalue weighted by atomic mass is 10.2. The molecule has 0 unspecified atom stereocenters. The van der Waals surface area contributed by atoms with Crippen molar-refractivity contribution in [1.82, 2.24) is 0 Å². The van der Waals surface area contributed by atoms with E-state index in [2.05, 4.69) is 5.32 Å². The first-order valence-corrected chi connectivity index (χ1v) is 7.64. The zero-order valence-corrected chi connectivity index (χ0v) is 13.5. The summed E-state index contributed by atoms with van der Waals surface area (Å²) in [6.45, 7) is 0. The molecule has 0 aliphatic rings. The summed E-state index contributed by atoms with van der Waals surface area (Å²) in [5.41, 5.74) is 0.891. The number of non-ortho nitro benzene ring substituents is 1. The number of amides is 1. The molecule has 3 aromatic rings. The van der Waals surface area contributed by atoms with Gasteiger partial charge in [-0.05, 0) is 48.5 Å². The maximum Gasteiger partial charge on any atom is 0.269 e. The van der Waals surface area contributed by atoms with Crippen LogP contribution in [0.4, 0.5) is 11.4 Å². The highest BCUT2D eigenvalue weighted by Crippen LogP contribution is 2.24. The Morgan fingerprint density at radius 1 is 0.962 bits per heavy atom. The molecule has 0 bridgehead atoms. The van der Waals surface area contributed by atoms with Crippen molar-refractivity contribution in [3.63, 3.8) is 0 Å². The van der Waals surface area contributed by atoms with Gasteiger partial charge < -0.3 is 15.2 Å². The van der Waals surface area contributed by atoms with Gasteiger partial charge in [-0.1, -0.05) is 6.07 Å². The van der Waals surface area contributed by atoms with Crippen LogP contribution in [-0.4, -0.2) is 15.9 Å². The summed E-state index contributed by atoms with van der Waals surface area (Å²) >= 11 is 0. The molecule has 3 aromatic carbocycles. The lowest BCUT2D eigenvalue weighted by Crippen LogP contribution is -2.11. The van der Waals surface area contributed by atoms with E-state index in [0.717, 1.165) is 0 Å². The maximum atomic E-state index is 12.2. The number of ether oxygens (including phenoxy) is 1. The normalized spacial score (nSPS) is 10.2. The third kappa shape index (κ3) is 4.15. The number of anilines is 1. The lowest BCUT2D eigenvalue weighted by Gasteiger charge is -2.08. The highest BCUT2D eigenvalue weighted by Gasteiger charge is 2.08. The first-order valence-electron chi connectivity index (χ1n) is 7.64. The van der Waals surface area contributed by atoms with Gasteiger partial charge in [-0.15, -0.1) is 0 Å². The fourth-order valence-electron chi connectivity index (χ4n) is 2.23. The van der Waals surface area contributed by atoms with Crippen molar-refractivity contribution in [2.45, 2.75) is 0 Å². The summed E-state index contributed by atoms with van der Waals surface area (Å²) < 4.78 is 5.59. The predicted octanol–water partition coefficient (Wildman–Crippen LogP) is 4.35. The second-order valence-electron chi connectivity index (χ2n) is 5.38. The number of phenolic OH excluding ortho intramolecular Hbond substituents is 1. The summed E-state index contributed by atoms with van der Waals surface area (Å²) in [5.74, 6) is 0.687. The summed E-state index contributed by atoms with van der Waals surface area (Å²) in [7, 11) is 0. The number of rotatable bonds is 5. The summed E-state index contributed by atoms with van der Waals surface area (Å²) in [6.07, 6.45) is 0. The van der Waals surface area contributed by atoms with E-state index in [9.17, 15) is 20.0 Å². The van der Waals surface area contributed by atoms with E-state index in [1.165, 1.54) is 36.4 Å². The minimum Gasteiger partial charge on any atom is -0.508 e. The molecule has 26 heavy (non-hydrogen) atoms. The van der Waals surface area contributed by atoms with E-state index in [1.807, 2.05) is 0 Å². The first-order chi connectivity index (χ1) is 12.5. The van der Waals surface area contributed by atoms with E-state index in [4.69, 9.17) is 4.74 Å². The molecule has 0 aliphatic carbocycles. The van der Waals surface area contributed by atoms with Gasteiger partial charge in [0.05, 0.1) is 4.92 Å². The molecule has 0 radical (unpaired) electrons. The zero-order chi connectivity index (χ0) is 18.5. The molecule has 0 saturated carbocycles. The minimum atomic E-state index is -0.482. The Morgan fingerprint density at radius 2 is 1.58 bits per heavy atom. The number of nitrogens with one attached hydrogen (secondary N) is 1. The van der Waals surface area contributed by atoms with Crippen LogP contribution >= 0.6 is 0 Å². The average molecular weight is 350 g/mol. The third-order valence-electron chi connectivity index (χ3n) is 3.50. The van der Waals surface area contributed by atoms with E-state index >= 15 is 0 Å². The van der Waals surface area contributed by atoms with Crippen LogP contribution in [0, 0.1) is 10.1 Å². The molecule has 0 saturated heterocycles. The molecule has 0 spiro atoms. The Bertz CT molecular complexity index is 937. The second-order valence-corrected chi connectivity index (χ2v) is 5.38. The van der Waals surface area contributed by atoms with Crippen molar-refractivity contribution in [2.24, 2.45) is 0 Å². The van der Waals surface area contributed by atoms with Gasteiger partial charge in [0.2, 0.25) is 0 Å². The number of carbonyl (C=O) groups is 1. The van der Waals surface area contributed by atoms with Gasteiger partial charge in [0.15, 0.2) is 0 Å². The van der Waals surface area contributed by atoms with Gasteiger partial charge in [0.1, 0.15) is 17.2 Å². The quantitative estimate of drug-likeness (QED) is 0.526. The highest BCUT2D eigenvalue weighted by atomic mass is 16.6. The number of hydrogen-bond acceptors (Lipinski definition) is 5. The zero-order valence-electron chi connectivity index (χ0n) is 13.5. The van der Waals surface area contributed by atoms with Crippen LogP contribution < -0.4 is 10.1 Å². The van der Waals surface area contributed by atoms with Crippen LogP contribution in [0.15, 0.2) is 72.8 Å². The number of hydrogen-bond donors (Lipinski definition) is 2. The molecule has 0 fully saturated rings. The summed E-state index contributed by atoms with van der Waals surface area (Å²) in [5, 5.41) is 22.7. The topological polar surface area (TPSA) is 102 Å². The number of nitrogens with zero attached hydrogens (tertiary/aromatic N) is 1. The van der Waals surface area contributed by atoms with Crippen molar-refractivity contribution >= 4 is 17.3 Å². The molecule has 0 atom stereocenters. The number of carbonyl (C=O) groups excluding carboxylic acids is 1. The first kappa shape index (κ1) is 17.0.